The average Bonchev–Trinajstić information content (AvgIpc) is 2.85. The van der Waals surface area contributed by atoms with Gasteiger partial charge in [-0.25, -0.2) is 18.5 Å². The zero-order valence-corrected chi connectivity index (χ0v) is 11.1. The van der Waals surface area contributed by atoms with Crippen LogP contribution >= 0.6 is 0 Å². The van der Waals surface area contributed by atoms with Crippen LogP contribution in [-0.2, 0) is 10.0 Å². The second-order valence-corrected chi connectivity index (χ2v) is 6.09. The van der Waals surface area contributed by atoms with Gasteiger partial charge in [0.25, 0.3) is 0 Å². The Hall–Kier alpha value is -1.64. The number of hydrogen-bond acceptors (Lipinski definition) is 5. The molecule has 0 aliphatic carbocycles. The van der Waals surface area contributed by atoms with Crippen molar-refractivity contribution in [2.24, 2.45) is 5.14 Å². The van der Waals surface area contributed by atoms with Crippen LogP contribution in [-0.4, -0.2) is 44.0 Å². The summed E-state index contributed by atoms with van der Waals surface area (Å²) in [5.41, 5.74) is 1.74. The van der Waals surface area contributed by atoms with Gasteiger partial charge in [-0.1, -0.05) is 0 Å². The zero-order chi connectivity index (χ0) is 13.5. The molecular formula is C11H15N5O2S. The van der Waals surface area contributed by atoms with Gasteiger partial charge < -0.3 is 14.6 Å². The molecule has 8 heteroatoms. The molecule has 2 aromatic rings. The number of fused-ring (bicyclic) bond motifs is 1. The lowest BCUT2D eigenvalue weighted by atomic mass is 10.2. The van der Waals surface area contributed by atoms with Crippen LogP contribution in [0.1, 0.15) is 0 Å². The summed E-state index contributed by atoms with van der Waals surface area (Å²) in [6.45, 7) is 3.41. The van der Waals surface area contributed by atoms with Crippen LogP contribution in [0, 0.1) is 0 Å². The third-order valence-electron chi connectivity index (χ3n) is 3.26. The van der Waals surface area contributed by atoms with E-state index in [9.17, 15) is 8.42 Å². The molecule has 3 rings (SSSR count). The highest BCUT2D eigenvalue weighted by Gasteiger charge is 2.18. The lowest BCUT2D eigenvalue weighted by molar-refractivity contribution is 0.588. The van der Waals surface area contributed by atoms with Gasteiger partial charge in [-0.15, -0.1) is 0 Å². The average molecular weight is 281 g/mol. The number of piperazine rings is 1. The zero-order valence-electron chi connectivity index (χ0n) is 10.3. The molecule has 7 nitrogen and oxygen atoms in total. The minimum absolute atomic E-state index is 0.103. The molecule has 1 saturated heterocycles. The largest absolute Gasteiger partial charge is 0.367 e. The standard InChI is InChI=1S/C11H15N5O2S/c12-19(17,18)9-5-10(15-3-1-13-2-4-15)11-6-14-8-16(11)7-9/h5-8,13H,1-4H2,(H2,12,17,18). The molecule has 0 amide bonds. The van der Waals surface area contributed by atoms with Crippen molar-refractivity contribution in [2.75, 3.05) is 31.1 Å². The fraction of sp³-hybridized carbons (Fsp3) is 0.364. The number of rotatable bonds is 2. The summed E-state index contributed by atoms with van der Waals surface area (Å²) in [7, 11) is -3.72. The van der Waals surface area contributed by atoms with E-state index in [1.807, 2.05) is 0 Å². The third-order valence-corrected chi connectivity index (χ3v) is 4.14. The first-order valence-electron chi connectivity index (χ1n) is 6.00. The van der Waals surface area contributed by atoms with Gasteiger partial charge in [0.05, 0.1) is 23.7 Å². The van der Waals surface area contributed by atoms with E-state index in [1.165, 1.54) is 6.20 Å². The molecule has 0 spiro atoms. The Labute approximate surface area is 111 Å². The quantitative estimate of drug-likeness (QED) is 0.766. The van der Waals surface area contributed by atoms with Gasteiger partial charge in [0.1, 0.15) is 4.90 Å². The molecule has 0 bridgehead atoms. The first kappa shape index (κ1) is 12.4. The molecule has 1 fully saturated rings. The van der Waals surface area contributed by atoms with Crippen molar-refractivity contribution in [3.05, 3.63) is 24.8 Å². The minimum Gasteiger partial charge on any atom is -0.367 e. The molecule has 1 aliphatic heterocycles. The van der Waals surface area contributed by atoms with E-state index >= 15 is 0 Å². The molecule has 0 unspecified atom stereocenters. The maximum atomic E-state index is 11.5. The van der Waals surface area contributed by atoms with E-state index in [4.69, 9.17) is 5.14 Å². The fourth-order valence-electron chi connectivity index (χ4n) is 2.30. The Balaban J connectivity index is 2.18. The Morgan fingerprint density at radius 2 is 2.05 bits per heavy atom. The molecule has 0 saturated carbocycles. The van der Waals surface area contributed by atoms with Crippen LogP contribution in [0.2, 0.25) is 0 Å². The number of hydrogen-bond donors (Lipinski definition) is 2. The summed E-state index contributed by atoms with van der Waals surface area (Å²) < 4.78 is 24.8. The number of sulfonamides is 1. The number of nitrogens with two attached hydrogens (primary N) is 1. The highest BCUT2D eigenvalue weighted by Crippen LogP contribution is 2.25. The maximum Gasteiger partial charge on any atom is 0.239 e. The van der Waals surface area contributed by atoms with Crippen molar-refractivity contribution in [3.8, 4) is 0 Å². The second kappa shape index (κ2) is 4.48. The Kier molecular flexibility index (Phi) is 2.92. The Bertz CT molecular complexity index is 703. The van der Waals surface area contributed by atoms with Crippen molar-refractivity contribution in [3.63, 3.8) is 0 Å². The predicted molar refractivity (Wildman–Crippen MR) is 71.6 cm³/mol. The van der Waals surface area contributed by atoms with Crippen molar-refractivity contribution in [1.29, 1.82) is 0 Å². The Morgan fingerprint density at radius 3 is 2.74 bits per heavy atom. The predicted octanol–water partition coefficient (Wildman–Crippen LogP) is -0.609. The Morgan fingerprint density at radius 1 is 1.32 bits per heavy atom. The third kappa shape index (κ3) is 2.29. The first-order chi connectivity index (χ1) is 9.05. The lowest BCUT2D eigenvalue weighted by Crippen LogP contribution is -2.43. The molecular weight excluding hydrogens is 266 g/mol. The van der Waals surface area contributed by atoms with E-state index in [-0.39, 0.29) is 4.90 Å². The molecule has 1 aliphatic rings. The van der Waals surface area contributed by atoms with E-state index in [1.54, 1.807) is 23.0 Å². The summed E-state index contributed by atoms with van der Waals surface area (Å²) in [6.07, 6.45) is 4.79. The summed E-state index contributed by atoms with van der Waals surface area (Å²) in [5.74, 6) is 0. The van der Waals surface area contributed by atoms with Crippen LogP contribution in [0.3, 0.4) is 0 Å². The number of aromatic nitrogens is 2. The molecule has 0 aromatic carbocycles. The van der Waals surface area contributed by atoms with Crippen LogP contribution in [0.25, 0.3) is 5.52 Å². The molecule has 19 heavy (non-hydrogen) atoms. The maximum absolute atomic E-state index is 11.5. The van der Waals surface area contributed by atoms with Crippen LogP contribution < -0.4 is 15.4 Å². The van der Waals surface area contributed by atoms with Gasteiger partial charge >= 0.3 is 0 Å². The molecule has 0 atom stereocenters. The first-order valence-corrected chi connectivity index (χ1v) is 7.54. The summed E-state index contributed by atoms with van der Waals surface area (Å²) in [4.78, 5) is 6.31. The summed E-state index contributed by atoms with van der Waals surface area (Å²) >= 11 is 0. The minimum atomic E-state index is -3.72. The van der Waals surface area contributed by atoms with Gasteiger partial charge in [0.15, 0.2) is 0 Å². The number of primary sulfonamides is 1. The second-order valence-electron chi connectivity index (χ2n) is 4.53. The van der Waals surface area contributed by atoms with Gasteiger partial charge in [-0.05, 0) is 6.07 Å². The molecule has 2 aromatic heterocycles. The summed E-state index contributed by atoms with van der Waals surface area (Å²) in [5, 5.41) is 8.49. The number of pyridine rings is 1. The van der Waals surface area contributed by atoms with Crippen molar-refractivity contribution in [1.82, 2.24) is 14.7 Å². The SMILES string of the molecule is NS(=O)(=O)c1cc(N2CCNCC2)c2cncn2c1. The number of imidazole rings is 1. The van der Waals surface area contributed by atoms with Crippen LogP contribution in [0.15, 0.2) is 29.7 Å². The monoisotopic (exact) mass is 281 g/mol. The number of nitrogens with one attached hydrogen (secondary N) is 1. The molecule has 3 heterocycles. The van der Waals surface area contributed by atoms with Crippen molar-refractivity contribution >= 4 is 21.2 Å². The normalized spacial score (nSPS) is 17.0. The number of nitrogens with zero attached hydrogens (tertiary/aromatic N) is 3. The highest BCUT2D eigenvalue weighted by molar-refractivity contribution is 7.89. The van der Waals surface area contributed by atoms with E-state index in [2.05, 4.69) is 15.2 Å². The van der Waals surface area contributed by atoms with E-state index in [0.717, 1.165) is 37.4 Å². The van der Waals surface area contributed by atoms with Gasteiger partial charge in [-0.3, -0.25) is 0 Å². The van der Waals surface area contributed by atoms with Crippen molar-refractivity contribution < 1.29 is 8.42 Å². The molecule has 3 N–H and O–H groups in total. The number of anilines is 1. The smallest absolute Gasteiger partial charge is 0.239 e. The summed E-state index contributed by atoms with van der Waals surface area (Å²) in [6, 6.07) is 1.62. The van der Waals surface area contributed by atoms with Gasteiger partial charge in [0.2, 0.25) is 10.0 Å². The van der Waals surface area contributed by atoms with Crippen LogP contribution in [0.5, 0.6) is 0 Å². The molecule has 102 valence electrons. The van der Waals surface area contributed by atoms with Crippen LogP contribution in [0.4, 0.5) is 5.69 Å². The van der Waals surface area contributed by atoms with E-state index in [0.29, 0.717) is 0 Å². The van der Waals surface area contributed by atoms with Gasteiger partial charge in [-0.2, -0.15) is 0 Å². The van der Waals surface area contributed by atoms with Crippen molar-refractivity contribution in [2.45, 2.75) is 4.90 Å². The van der Waals surface area contributed by atoms with E-state index < -0.39 is 10.0 Å². The molecule has 0 radical (unpaired) electrons. The fourth-order valence-corrected chi connectivity index (χ4v) is 2.84. The lowest BCUT2D eigenvalue weighted by Gasteiger charge is -2.30. The topological polar surface area (TPSA) is 92.7 Å². The highest BCUT2D eigenvalue weighted by atomic mass is 32.2. The van der Waals surface area contributed by atoms with Gasteiger partial charge in [0, 0.05) is 32.4 Å².